The van der Waals surface area contributed by atoms with Crippen molar-refractivity contribution in [1.82, 2.24) is 9.38 Å². The number of pyridine rings is 1. The lowest BCUT2D eigenvalue weighted by molar-refractivity contribution is -0.141. The maximum atomic E-state index is 12.7. The third-order valence-corrected chi connectivity index (χ3v) is 3.17. The van der Waals surface area contributed by atoms with E-state index in [1.807, 2.05) is 0 Å². The first-order valence-electron chi connectivity index (χ1n) is 5.10. The van der Waals surface area contributed by atoms with Crippen molar-refractivity contribution in [1.29, 1.82) is 0 Å². The Morgan fingerprint density at radius 3 is 2.74 bits per heavy atom. The minimum atomic E-state index is -4.50. The molecular weight excluding hydrogens is 329 g/mol. The smallest absolute Gasteiger partial charge is 0.433 e. The van der Waals surface area contributed by atoms with Crippen molar-refractivity contribution < 1.29 is 22.7 Å². The first kappa shape index (κ1) is 13.9. The number of esters is 1. The van der Waals surface area contributed by atoms with Gasteiger partial charge in [0.2, 0.25) is 0 Å². The maximum Gasteiger partial charge on any atom is 0.433 e. The van der Waals surface area contributed by atoms with Gasteiger partial charge in [0.05, 0.1) is 18.9 Å². The van der Waals surface area contributed by atoms with Gasteiger partial charge in [-0.25, -0.2) is 9.78 Å². The Hall–Kier alpha value is -1.57. The van der Waals surface area contributed by atoms with E-state index in [0.717, 1.165) is 16.8 Å². The summed E-state index contributed by atoms with van der Waals surface area (Å²) in [5.41, 5.74) is -0.274. The van der Waals surface area contributed by atoms with E-state index in [9.17, 15) is 18.0 Å². The van der Waals surface area contributed by atoms with Gasteiger partial charge in [-0.15, -0.1) is 0 Å². The fourth-order valence-electron chi connectivity index (χ4n) is 1.75. The van der Waals surface area contributed by atoms with Crippen molar-refractivity contribution in [3.05, 3.63) is 35.3 Å². The first-order chi connectivity index (χ1) is 8.90. The van der Waals surface area contributed by atoms with Gasteiger partial charge in [-0.2, -0.15) is 13.2 Å². The van der Waals surface area contributed by atoms with Crippen molar-refractivity contribution in [2.45, 2.75) is 11.5 Å². The molecule has 0 atom stereocenters. The Bertz CT molecular complexity index is 637. The van der Waals surface area contributed by atoms with Crippen molar-refractivity contribution in [3.8, 4) is 0 Å². The zero-order valence-corrected chi connectivity index (χ0v) is 11.2. The van der Waals surface area contributed by atoms with E-state index >= 15 is 0 Å². The number of hydrogen-bond donors (Lipinski definition) is 0. The monoisotopic (exact) mass is 336 g/mol. The van der Waals surface area contributed by atoms with Crippen molar-refractivity contribution in [2.75, 3.05) is 7.11 Å². The summed E-state index contributed by atoms with van der Waals surface area (Å²) in [5.74, 6) is -0.617. The van der Waals surface area contributed by atoms with Crippen LogP contribution in [0.25, 0.3) is 5.65 Å². The molecular formula is C11H8BrF3N2O2. The van der Waals surface area contributed by atoms with Gasteiger partial charge in [-0.1, -0.05) is 15.9 Å². The molecule has 2 rings (SSSR count). The number of alkyl halides is 4. The lowest BCUT2D eigenvalue weighted by atomic mass is 10.1. The summed E-state index contributed by atoms with van der Waals surface area (Å²) in [6.07, 6.45) is -2.61. The number of hydrogen-bond acceptors (Lipinski definition) is 3. The molecule has 4 nitrogen and oxygen atoms in total. The van der Waals surface area contributed by atoms with Gasteiger partial charge in [0.15, 0.2) is 0 Å². The van der Waals surface area contributed by atoms with Crippen LogP contribution in [0.3, 0.4) is 0 Å². The highest BCUT2D eigenvalue weighted by atomic mass is 79.9. The average molecular weight is 337 g/mol. The summed E-state index contributed by atoms with van der Waals surface area (Å²) >= 11 is 3.14. The molecule has 0 saturated carbocycles. The Morgan fingerprint density at radius 1 is 1.53 bits per heavy atom. The van der Waals surface area contributed by atoms with Gasteiger partial charge in [-0.3, -0.25) is 4.40 Å². The molecule has 0 fully saturated rings. The van der Waals surface area contributed by atoms with Gasteiger partial charge < -0.3 is 4.74 Å². The van der Waals surface area contributed by atoms with Crippen LogP contribution >= 0.6 is 15.9 Å². The second-order valence-corrected chi connectivity index (χ2v) is 4.23. The van der Waals surface area contributed by atoms with E-state index in [4.69, 9.17) is 0 Å². The second-order valence-electron chi connectivity index (χ2n) is 3.67. The van der Waals surface area contributed by atoms with Crippen LogP contribution < -0.4 is 0 Å². The Balaban J connectivity index is 2.72. The molecule has 102 valence electrons. The molecule has 0 saturated heterocycles. The Kier molecular flexibility index (Phi) is 3.53. The van der Waals surface area contributed by atoms with Gasteiger partial charge >= 0.3 is 12.1 Å². The third-order valence-electron chi connectivity index (χ3n) is 2.61. The molecule has 0 amide bonds. The molecule has 0 unspecified atom stereocenters. The zero-order valence-electron chi connectivity index (χ0n) is 9.66. The average Bonchev–Trinajstić information content (AvgIpc) is 2.80. The van der Waals surface area contributed by atoms with Crippen molar-refractivity contribution in [2.24, 2.45) is 0 Å². The Labute approximate surface area is 114 Å². The summed E-state index contributed by atoms with van der Waals surface area (Å²) in [5, 5.41) is 0.191. The molecule has 19 heavy (non-hydrogen) atoms. The van der Waals surface area contributed by atoms with E-state index in [2.05, 4.69) is 25.7 Å². The Morgan fingerprint density at radius 2 is 2.21 bits per heavy atom. The highest BCUT2D eigenvalue weighted by Crippen LogP contribution is 2.31. The second kappa shape index (κ2) is 4.84. The lowest BCUT2D eigenvalue weighted by Gasteiger charge is -2.09. The maximum absolute atomic E-state index is 12.7. The van der Waals surface area contributed by atoms with Crippen LogP contribution in [0.1, 0.15) is 21.6 Å². The molecule has 0 N–H and O–H groups in total. The number of carbonyl (C=O) groups excluding carboxylic acids is 1. The van der Waals surface area contributed by atoms with Crippen LogP contribution in [-0.2, 0) is 16.2 Å². The molecule has 0 aliphatic carbocycles. The predicted octanol–water partition coefficient (Wildman–Crippen LogP) is 3.03. The number of halogens is 4. The summed E-state index contributed by atoms with van der Waals surface area (Å²) in [6.45, 7) is 0. The molecule has 0 aliphatic rings. The molecule has 0 bridgehead atoms. The summed E-state index contributed by atoms with van der Waals surface area (Å²) in [7, 11) is 1.21. The van der Waals surface area contributed by atoms with Crippen molar-refractivity contribution >= 4 is 27.5 Å². The fourth-order valence-corrected chi connectivity index (χ4v) is 2.30. The molecule has 8 heteroatoms. The third kappa shape index (κ3) is 2.32. The summed E-state index contributed by atoms with van der Waals surface area (Å²) < 4.78 is 43.7. The molecule has 0 spiro atoms. The number of carbonyl (C=O) groups is 1. The van der Waals surface area contributed by atoms with Crippen LogP contribution in [0, 0.1) is 0 Å². The molecule has 2 aromatic heterocycles. The molecule has 0 aromatic carbocycles. The van der Waals surface area contributed by atoms with Crippen LogP contribution in [-0.4, -0.2) is 22.5 Å². The summed E-state index contributed by atoms with van der Waals surface area (Å²) in [4.78, 5) is 15.3. The standard InChI is InChI=1S/C11H8BrF3N2O2/c1-19-10(18)6-2-3-17-8(11(13,14)15)5-16-9(17)7(6)4-12/h2-3,5H,4H2,1H3. The van der Waals surface area contributed by atoms with Gasteiger partial charge in [0.25, 0.3) is 0 Å². The summed E-state index contributed by atoms with van der Waals surface area (Å²) in [6, 6.07) is 1.28. The largest absolute Gasteiger partial charge is 0.465 e. The number of aromatic nitrogens is 2. The number of nitrogens with zero attached hydrogens (tertiary/aromatic N) is 2. The highest BCUT2D eigenvalue weighted by Gasteiger charge is 2.35. The minimum absolute atomic E-state index is 0.0760. The number of fused-ring (bicyclic) bond motifs is 1. The fraction of sp³-hybridized carbons (Fsp3) is 0.273. The predicted molar refractivity (Wildman–Crippen MR) is 64.2 cm³/mol. The topological polar surface area (TPSA) is 43.6 Å². The minimum Gasteiger partial charge on any atom is -0.465 e. The molecule has 2 aromatic rings. The lowest BCUT2D eigenvalue weighted by Crippen LogP contribution is -2.11. The normalized spacial score (nSPS) is 11.8. The molecule has 0 radical (unpaired) electrons. The number of methoxy groups -OCH3 is 1. The van der Waals surface area contributed by atoms with Crippen LogP contribution in [0.2, 0.25) is 0 Å². The van der Waals surface area contributed by atoms with E-state index in [1.54, 1.807) is 0 Å². The zero-order chi connectivity index (χ0) is 14.2. The number of rotatable bonds is 2. The van der Waals surface area contributed by atoms with Crippen molar-refractivity contribution in [3.63, 3.8) is 0 Å². The van der Waals surface area contributed by atoms with E-state index in [-0.39, 0.29) is 16.5 Å². The molecule has 2 heterocycles. The van der Waals surface area contributed by atoms with E-state index < -0.39 is 17.8 Å². The van der Waals surface area contributed by atoms with Crippen LogP contribution in [0.5, 0.6) is 0 Å². The van der Waals surface area contributed by atoms with E-state index in [0.29, 0.717) is 5.56 Å². The van der Waals surface area contributed by atoms with Gasteiger partial charge in [-0.05, 0) is 6.07 Å². The highest BCUT2D eigenvalue weighted by molar-refractivity contribution is 9.08. The van der Waals surface area contributed by atoms with Crippen LogP contribution in [0.4, 0.5) is 13.2 Å². The van der Waals surface area contributed by atoms with Crippen LogP contribution in [0.15, 0.2) is 18.5 Å². The first-order valence-corrected chi connectivity index (χ1v) is 6.22. The van der Waals surface area contributed by atoms with E-state index in [1.165, 1.54) is 13.2 Å². The van der Waals surface area contributed by atoms with Gasteiger partial charge in [0.1, 0.15) is 11.3 Å². The quantitative estimate of drug-likeness (QED) is 0.625. The van der Waals surface area contributed by atoms with Gasteiger partial charge in [0, 0.05) is 17.1 Å². The SMILES string of the molecule is COC(=O)c1ccn2c(C(F)(F)F)cnc2c1CBr. The number of imidazole rings is 1. The molecule has 0 aliphatic heterocycles. The number of ether oxygens (including phenoxy) is 1.